The molecule has 8 atom stereocenters. The quantitative estimate of drug-likeness (QED) is 0.765. The fraction of sp³-hybridized carbons (Fsp3) is 0.952. The zero-order valence-corrected chi connectivity index (χ0v) is 15.7. The summed E-state index contributed by atoms with van der Waals surface area (Å²) >= 11 is 0. The van der Waals surface area contributed by atoms with Gasteiger partial charge in [0.2, 0.25) is 5.91 Å². The van der Waals surface area contributed by atoms with E-state index in [-0.39, 0.29) is 12.0 Å². The first-order valence-electron chi connectivity index (χ1n) is 10.3. The highest BCUT2D eigenvalue weighted by Gasteiger charge is 2.60. The lowest BCUT2D eigenvalue weighted by Gasteiger charge is -2.60. The summed E-state index contributed by atoms with van der Waals surface area (Å²) in [5.74, 6) is 3.36. The highest BCUT2D eigenvalue weighted by molar-refractivity contribution is 5.73. The molecule has 3 nitrogen and oxygen atoms in total. The van der Waals surface area contributed by atoms with Crippen LogP contribution in [0.25, 0.3) is 0 Å². The highest BCUT2D eigenvalue weighted by Crippen LogP contribution is 2.66. The van der Waals surface area contributed by atoms with E-state index < -0.39 is 0 Å². The van der Waals surface area contributed by atoms with Crippen molar-refractivity contribution in [1.29, 1.82) is 0 Å². The van der Waals surface area contributed by atoms with Gasteiger partial charge in [0.25, 0.3) is 0 Å². The third-order valence-electron chi connectivity index (χ3n) is 9.02. The second-order valence-electron chi connectivity index (χ2n) is 9.96. The van der Waals surface area contributed by atoms with Crippen LogP contribution in [0.15, 0.2) is 0 Å². The molecule has 4 saturated carbocycles. The first kappa shape index (κ1) is 16.9. The minimum atomic E-state index is -0.0518. The number of aliphatic hydroxyl groups is 1. The third-order valence-corrected chi connectivity index (χ3v) is 9.02. The first-order valence-corrected chi connectivity index (χ1v) is 10.3. The van der Waals surface area contributed by atoms with Crippen LogP contribution in [0, 0.1) is 34.5 Å². The van der Waals surface area contributed by atoms with Crippen molar-refractivity contribution < 1.29 is 9.90 Å². The molecule has 2 N–H and O–H groups in total. The summed E-state index contributed by atoms with van der Waals surface area (Å²) in [4.78, 5) is 11.6. The molecule has 24 heavy (non-hydrogen) atoms. The van der Waals surface area contributed by atoms with E-state index >= 15 is 0 Å². The van der Waals surface area contributed by atoms with Gasteiger partial charge in [0.1, 0.15) is 0 Å². The van der Waals surface area contributed by atoms with Crippen molar-refractivity contribution in [2.24, 2.45) is 34.5 Å². The van der Waals surface area contributed by atoms with E-state index in [0.717, 1.165) is 36.5 Å². The zero-order chi connectivity index (χ0) is 17.1. The molecule has 0 spiro atoms. The maximum Gasteiger partial charge on any atom is 0.217 e. The van der Waals surface area contributed by atoms with E-state index in [1.807, 2.05) is 0 Å². The van der Waals surface area contributed by atoms with Crippen LogP contribution in [-0.2, 0) is 4.79 Å². The van der Waals surface area contributed by atoms with E-state index in [1.54, 1.807) is 6.92 Å². The maximum atomic E-state index is 11.6. The van der Waals surface area contributed by atoms with Gasteiger partial charge in [-0.3, -0.25) is 4.79 Å². The van der Waals surface area contributed by atoms with Crippen LogP contribution in [0.2, 0.25) is 0 Å². The van der Waals surface area contributed by atoms with Crippen molar-refractivity contribution in [3.63, 3.8) is 0 Å². The number of fused-ring (bicyclic) bond motifs is 5. The lowest BCUT2D eigenvalue weighted by Crippen LogP contribution is -2.56. The molecule has 0 aromatic heterocycles. The van der Waals surface area contributed by atoms with Gasteiger partial charge in [0.05, 0.1) is 6.10 Å². The zero-order valence-electron chi connectivity index (χ0n) is 15.7. The predicted molar refractivity (Wildman–Crippen MR) is 95.3 cm³/mol. The number of hydrogen-bond acceptors (Lipinski definition) is 2. The summed E-state index contributed by atoms with van der Waals surface area (Å²) in [6.45, 7) is 6.67. The fourth-order valence-electron chi connectivity index (χ4n) is 7.72. The van der Waals surface area contributed by atoms with Gasteiger partial charge in [0.15, 0.2) is 0 Å². The molecule has 4 rings (SSSR count). The summed E-state index contributed by atoms with van der Waals surface area (Å²) in [5, 5.41) is 13.4. The number of nitrogens with one attached hydrogen (secondary N) is 1. The van der Waals surface area contributed by atoms with Crippen molar-refractivity contribution in [2.45, 2.75) is 90.7 Å². The molecule has 0 aromatic rings. The van der Waals surface area contributed by atoms with E-state index in [9.17, 15) is 9.90 Å². The van der Waals surface area contributed by atoms with E-state index in [2.05, 4.69) is 19.2 Å². The number of rotatable bonds is 1. The van der Waals surface area contributed by atoms with Gasteiger partial charge in [-0.25, -0.2) is 0 Å². The normalized spacial score (nSPS) is 53.7. The molecule has 4 aliphatic rings. The SMILES string of the molecule is CC(=O)N[C@H]1CC[C@H]2[C@@H]3CC[C@H]4C[C@@H](O)CC[C@]4(C)[C@H]3CC[C@]12C. The highest BCUT2D eigenvalue weighted by atomic mass is 16.3. The van der Waals surface area contributed by atoms with Crippen LogP contribution in [-0.4, -0.2) is 23.2 Å². The Hall–Kier alpha value is -0.570. The Balaban J connectivity index is 1.57. The van der Waals surface area contributed by atoms with Crippen molar-refractivity contribution in [3.8, 4) is 0 Å². The molecule has 0 aromatic carbocycles. The Labute approximate surface area is 147 Å². The van der Waals surface area contributed by atoms with Gasteiger partial charge in [-0.1, -0.05) is 13.8 Å². The molecule has 4 aliphatic carbocycles. The molecule has 1 amide bonds. The summed E-state index contributed by atoms with van der Waals surface area (Å²) in [6.07, 6.45) is 10.9. The standard InChI is InChI=1S/C21H35NO2/c1-13(23)22-19-7-6-17-16-5-4-14-12-15(24)8-10-20(14,2)18(16)9-11-21(17,19)3/h14-19,24H,4-12H2,1-3H3,(H,22,23)/t14-,15-,16-,17-,18-,19-,20-,21-/m0/s1. The molecule has 0 aliphatic heterocycles. The van der Waals surface area contributed by atoms with Gasteiger partial charge < -0.3 is 10.4 Å². The smallest absolute Gasteiger partial charge is 0.217 e. The van der Waals surface area contributed by atoms with Crippen LogP contribution in [0.5, 0.6) is 0 Å². The molecule has 0 heterocycles. The average Bonchev–Trinajstić information content (AvgIpc) is 2.84. The van der Waals surface area contributed by atoms with Crippen molar-refractivity contribution in [3.05, 3.63) is 0 Å². The molecule has 0 radical (unpaired) electrons. The van der Waals surface area contributed by atoms with Crippen LogP contribution in [0.4, 0.5) is 0 Å². The third kappa shape index (κ3) is 2.37. The van der Waals surface area contributed by atoms with Gasteiger partial charge >= 0.3 is 0 Å². The summed E-state index contributed by atoms with van der Waals surface area (Å²) < 4.78 is 0. The minimum Gasteiger partial charge on any atom is -0.393 e. The molecule has 136 valence electrons. The molecule has 0 bridgehead atoms. The van der Waals surface area contributed by atoms with Crippen molar-refractivity contribution >= 4 is 5.91 Å². The van der Waals surface area contributed by atoms with Gasteiger partial charge in [-0.2, -0.15) is 0 Å². The molecular formula is C21H35NO2. The largest absolute Gasteiger partial charge is 0.393 e. The fourth-order valence-corrected chi connectivity index (χ4v) is 7.72. The second kappa shape index (κ2) is 5.72. The maximum absolute atomic E-state index is 11.6. The monoisotopic (exact) mass is 333 g/mol. The van der Waals surface area contributed by atoms with E-state index in [4.69, 9.17) is 0 Å². The topological polar surface area (TPSA) is 49.3 Å². The Morgan fingerprint density at radius 2 is 1.67 bits per heavy atom. The Kier molecular flexibility index (Phi) is 4.02. The number of aliphatic hydroxyl groups excluding tert-OH is 1. The van der Waals surface area contributed by atoms with E-state index in [0.29, 0.717) is 16.9 Å². The van der Waals surface area contributed by atoms with Gasteiger partial charge in [-0.05, 0) is 92.3 Å². The van der Waals surface area contributed by atoms with Gasteiger partial charge in [0, 0.05) is 13.0 Å². The molecule has 0 saturated heterocycles. The average molecular weight is 334 g/mol. The van der Waals surface area contributed by atoms with Crippen LogP contribution in [0.3, 0.4) is 0 Å². The minimum absolute atomic E-state index is 0.0518. The summed E-state index contributed by atoms with van der Waals surface area (Å²) in [5.41, 5.74) is 0.764. The number of amides is 1. The Morgan fingerprint density at radius 3 is 2.42 bits per heavy atom. The summed E-state index contributed by atoms with van der Waals surface area (Å²) in [7, 11) is 0. The van der Waals surface area contributed by atoms with Crippen LogP contribution < -0.4 is 5.32 Å². The summed E-state index contributed by atoms with van der Waals surface area (Å²) in [6, 6.07) is 0.389. The van der Waals surface area contributed by atoms with E-state index in [1.165, 1.54) is 44.9 Å². The molecule has 0 unspecified atom stereocenters. The predicted octanol–water partition coefficient (Wildman–Crippen LogP) is 3.89. The van der Waals surface area contributed by atoms with Crippen molar-refractivity contribution in [2.75, 3.05) is 0 Å². The Bertz CT molecular complexity index is 520. The molecule has 4 fully saturated rings. The number of carbonyl (C=O) groups excluding carboxylic acids is 1. The lowest BCUT2D eigenvalue weighted by atomic mass is 9.45. The molecule has 3 heteroatoms. The molecular weight excluding hydrogens is 298 g/mol. The second-order valence-corrected chi connectivity index (χ2v) is 9.96. The van der Waals surface area contributed by atoms with Crippen LogP contribution in [0.1, 0.15) is 78.6 Å². The Morgan fingerprint density at radius 1 is 0.958 bits per heavy atom. The van der Waals surface area contributed by atoms with Crippen LogP contribution >= 0.6 is 0 Å². The number of carbonyl (C=O) groups is 1. The lowest BCUT2D eigenvalue weighted by molar-refractivity contribution is -0.129. The van der Waals surface area contributed by atoms with Gasteiger partial charge in [-0.15, -0.1) is 0 Å². The van der Waals surface area contributed by atoms with Crippen molar-refractivity contribution in [1.82, 2.24) is 5.32 Å². The first-order chi connectivity index (χ1) is 11.3. The number of hydrogen-bond donors (Lipinski definition) is 2.